The average Bonchev–Trinajstić information content (AvgIpc) is 2.94. The molecule has 28 heavy (non-hydrogen) atoms. The maximum Gasteiger partial charge on any atom is 0.326 e. The van der Waals surface area contributed by atoms with Crippen molar-refractivity contribution >= 4 is 45.7 Å². The standard InChI is InChI=1S/C21H21NO5S/c1-13(2)12-27-19(23)11-22-20(24)18(28-21(22)25)10-14-8-9-17(26-3)16-7-5-4-6-15(14)16/h4-10,13H,11-12H2,1-3H3. The summed E-state index contributed by atoms with van der Waals surface area (Å²) in [5, 5.41) is 1.34. The van der Waals surface area contributed by atoms with Gasteiger partial charge in [0.2, 0.25) is 0 Å². The van der Waals surface area contributed by atoms with Crippen LogP contribution in [-0.4, -0.2) is 42.3 Å². The van der Waals surface area contributed by atoms with Crippen LogP contribution >= 0.6 is 11.8 Å². The van der Waals surface area contributed by atoms with Gasteiger partial charge in [-0.1, -0.05) is 44.2 Å². The number of esters is 1. The lowest BCUT2D eigenvalue weighted by Crippen LogP contribution is -2.34. The summed E-state index contributed by atoms with van der Waals surface area (Å²) in [6, 6.07) is 11.3. The molecule has 2 amide bonds. The molecule has 1 heterocycles. The van der Waals surface area contributed by atoms with Gasteiger partial charge in [-0.25, -0.2) is 0 Å². The van der Waals surface area contributed by atoms with E-state index in [1.165, 1.54) is 0 Å². The Morgan fingerprint density at radius 1 is 1.14 bits per heavy atom. The molecule has 0 radical (unpaired) electrons. The van der Waals surface area contributed by atoms with Gasteiger partial charge in [0.25, 0.3) is 11.1 Å². The molecular weight excluding hydrogens is 378 g/mol. The van der Waals surface area contributed by atoms with Gasteiger partial charge in [-0.15, -0.1) is 0 Å². The van der Waals surface area contributed by atoms with Crippen molar-refractivity contribution in [2.45, 2.75) is 13.8 Å². The van der Waals surface area contributed by atoms with Gasteiger partial charge in [-0.2, -0.15) is 0 Å². The Kier molecular flexibility index (Phi) is 6.04. The van der Waals surface area contributed by atoms with E-state index in [4.69, 9.17) is 9.47 Å². The molecule has 1 aliphatic heterocycles. The second-order valence-corrected chi connectivity index (χ2v) is 7.74. The molecule has 2 aromatic carbocycles. The zero-order valence-electron chi connectivity index (χ0n) is 15.9. The smallest absolute Gasteiger partial charge is 0.326 e. The molecule has 0 unspecified atom stereocenters. The van der Waals surface area contributed by atoms with Crippen LogP contribution < -0.4 is 4.74 Å². The molecule has 2 aromatic rings. The highest BCUT2D eigenvalue weighted by Crippen LogP contribution is 2.35. The van der Waals surface area contributed by atoms with E-state index in [0.29, 0.717) is 0 Å². The summed E-state index contributed by atoms with van der Waals surface area (Å²) in [5.74, 6) is -0.167. The number of benzene rings is 2. The lowest BCUT2D eigenvalue weighted by molar-refractivity contribution is -0.147. The number of thioether (sulfide) groups is 1. The van der Waals surface area contributed by atoms with E-state index < -0.39 is 17.1 Å². The predicted molar refractivity (Wildman–Crippen MR) is 109 cm³/mol. The summed E-state index contributed by atoms with van der Waals surface area (Å²) in [6.07, 6.45) is 1.67. The first kappa shape index (κ1) is 19.9. The van der Waals surface area contributed by atoms with Crippen molar-refractivity contribution in [1.82, 2.24) is 4.90 Å². The Morgan fingerprint density at radius 2 is 1.86 bits per heavy atom. The van der Waals surface area contributed by atoms with Gasteiger partial charge in [-0.3, -0.25) is 19.3 Å². The molecule has 146 valence electrons. The number of methoxy groups -OCH3 is 1. The predicted octanol–water partition coefficient (Wildman–Crippen LogP) is 4.08. The van der Waals surface area contributed by atoms with Crippen LogP contribution in [0.1, 0.15) is 19.4 Å². The van der Waals surface area contributed by atoms with Gasteiger partial charge in [0.05, 0.1) is 18.6 Å². The molecular formula is C21H21NO5S. The number of carbonyl (C=O) groups is 3. The Balaban J connectivity index is 1.84. The van der Waals surface area contributed by atoms with Crippen molar-refractivity contribution in [2.24, 2.45) is 5.92 Å². The lowest BCUT2D eigenvalue weighted by Gasteiger charge is -2.12. The minimum absolute atomic E-state index is 0.183. The van der Waals surface area contributed by atoms with Crippen molar-refractivity contribution < 1.29 is 23.9 Å². The number of hydrogen-bond acceptors (Lipinski definition) is 6. The fourth-order valence-corrected chi connectivity index (χ4v) is 3.64. The fraction of sp³-hybridized carbons (Fsp3) is 0.286. The van der Waals surface area contributed by atoms with Crippen LogP contribution in [0.5, 0.6) is 5.75 Å². The molecule has 1 aliphatic rings. The number of rotatable bonds is 6. The first-order valence-electron chi connectivity index (χ1n) is 8.87. The molecule has 0 spiro atoms. The maximum atomic E-state index is 12.6. The van der Waals surface area contributed by atoms with Crippen LogP contribution in [0.15, 0.2) is 41.3 Å². The minimum atomic E-state index is -0.591. The number of imide groups is 1. The highest BCUT2D eigenvalue weighted by Gasteiger charge is 2.36. The fourth-order valence-electron chi connectivity index (χ4n) is 2.81. The molecule has 6 nitrogen and oxygen atoms in total. The zero-order valence-corrected chi connectivity index (χ0v) is 16.7. The van der Waals surface area contributed by atoms with E-state index in [0.717, 1.165) is 38.7 Å². The summed E-state index contributed by atoms with van der Waals surface area (Å²) in [6.45, 7) is 3.70. The average molecular weight is 399 g/mol. The van der Waals surface area contributed by atoms with Gasteiger partial charge in [0, 0.05) is 5.39 Å². The third-order valence-corrected chi connectivity index (χ3v) is 5.07. The van der Waals surface area contributed by atoms with Crippen molar-refractivity contribution in [3.8, 4) is 5.75 Å². The van der Waals surface area contributed by atoms with E-state index in [1.54, 1.807) is 13.2 Å². The Hall–Kier alpha value is -2.80. The van der Waals surface area contributed by atoms with Gasteiger partial charge in [-0.05, 0) is 40.8 Å². The van der Waals surface area contributed by atoms with E-state index in [-0.39, 0.29) is 24.0 Å². The summed E-state index contributed by atoms with van der Waals surface area (Å²) in [7, 11) is 1.60. The van der Waals surface area contributed by atoms with Crippen molar-refractivity contribution in [3.63, 3.8) is 0 Å². The Morgan fingerprint density at radius 3 is 2.54 bits per heavy atom. The van der Waals surface area contributed by atoms with Gasteiger partial charge < -0.3 is 9.47 Å². The monoisotopic (exact) mass is 399 g/mol. The van der Waals surface area contributed by atoms with Crippen molar-refractivity contribution in [3.05, 3.63) is 46.9 Å². The van der Waals surface area contributed by atoms with Crippen LogP contribution in [0, 0.1) is 5.92 Å². The second-order valence-electron chi connectivity index (χ2n) is 6.75. The minimum Gasteiger partial charge on any atom is -0.496 e. The first-order chi connectivity index (χ1) is 13.4. The molecule has 1 fully saturated rings. The van der Waals surface area contributed by atoms with Crippen molar-refractivity contribution in [2.75, 3.05) is 20.3 Å². The highest BCUT2D eigenvalue weighted by molar-refractivity contribution is 8.18. The number of ether oxygens (including phenoxy) is 2. The maximum absolute atomic E-state index is 12.6. The molecule has 3 rings (SSSR count). The van der Waals surface area contributed by atoms with E-state index in [9.17, 15) is 14.4 Å². The van der Waals surface area contributed by atoms with Crippen LogP contribution in [0.25, 0.3) is 16.8 Å². The molecule has 0 saturated carbocycles. The van der Waals surface area contributed by atoms with Crippen molar-refractivity contribution in [1.29, 1.82) is 0 Å². The van der Waals surface area contributed by atoms with Gasteiger partial charge >= 0.3 is 5.97 Å². The number of nitrogens with zero attached hydrogens (tertiary/aromatic N) is 1. The zero-order chi connectivity index (χ0) is 20.3. The molecule has 0 atom stereocenters. The van der Waals surface area contributed by atoms with Crippen LogP contribution in [0.2, 0.25) is 0 Å². The normalized spacial score (nSPS) is 15.7. The lowest BCUT2D eigenvalue weighted by atomic mass is 10.0. The highest BCUT2D eigenvalue weighted by atomic mass is 32.2. The van der Waals surface area contributed by atoms with Crippen LogP contribution in [0.3, 0.4) is 0 Å². The summed E-state index contributed by atoms with van der Waals surface area (Å²) in [5.41, 5.74) is 0.796. The van der Waals surface area contributed by atoms with Gasteiger partial charge in [0.1, 0.15) is 12.3 Å². The summed E-state index contributed by atoms with van der Waals surface area (Å²) >= 11 is 0.821. The summed E-state index contributed by atoms with van der Waals surface area (Å²) in [4.78, 5) is 37.9. The third kappa shape index (κ3) is 4.20. The van der Waals surface area contributed by atoms with E-state index in [1.807, 2.05) is 50.2 Å². The molecule has 0 aromatic heterocycles. The molecule has 1 saturated heterocycles. The number of amides is 2. The van der Waals surface area contributed by atoms with Crippen LogP contribution in [0.4, 0.5) is 4.79 Å². The number of fused-ring (bicyclic) bond motifs is 1. The van der Waals surface area contributed by atoms with Gasteiger partial charge in [0.15, 0.2) is 0 Å². The van der Waals surface area contributed by atoms with Crippen LogP contribution in [-0.2, 0) is 14.3 Å². The Labute approximate surface area is 167 Å². The Bertz CT molecular complexity index is 966. The number of carbonyl (C=O) groups excluding carboxylic acids is 3. The van der Waals surface area contributed by atoms with E-state index >= 15 is 0 Å². The quantitative estimate of drug-likeness (QED) is 0.538. The molecule has 0 bridgehead atoms. The first-order valence-corrected chi connectivity index (χ1v) is 9.69. The number of hydrogen-bond donors (Lipinski definition) is 0. The largest absolute Gasteiger partial charge is 0.496 e. The third-order valence-electron chi connectivity index (χ3n) is 4.16. The summed E-state index contributed by atoms with van der Waals surface area (Å²) < 4.78 is 10.5. The SMILES string of the molecule is COc1ccc(C=C2SC(=O)N(CC(=O)OCC(C)C)C2=O)c2ccccc12. The molecule has 0 N–H and O–H groups in total. The topological polar surface area (TPSA) is 72.9 Å². The second kappa shape index (κ2) is 8.48. The molecule has 7 heteroatoms. The molecule has 0 aliphatic carbocycles. The van der Waals surface area contributed by atoms with E-state index in [2.05, 4.69) is 0 Å².